The number of halogens is 1. The zero-order valence-corrected chi connectivity index (χ0v) is 14.7. The Labute approximate surface area is 138 Å². The molecule has 0 spiro atoms. The van der Waals surface area contributed by atoms with E-state index in [-0.39, 0.29) is 31.2 Å². The van der Waals surface area contributed by atoms with Crippen LogP contribution in [0.25, 0.3) is 0 Å². The molecule has 0 aliphatic heterocycles. The zero-order chi connectivity index (χ0) is 17.2. The summed E-state index contributed by atoms with van der Waals surface area (Å²) in [6, 6.07) is 0. The second-order valence-electron chi connectivity index (χ2n) is 6.54. The number of rotatable bonds is 11. The van der Waals surface area contributed by atoms with Crippen LogP contribution in [-0.2, 0) is 14.3 Å². The second-order valence-corrected chi connectivity index (χ2v) is 7.10. The van der Waals surface area contributed by atoms with Crippen LogP contribution in [0.5, 0.6) is 0 Å². The lowest BCUT2D eigenvalue weighted by molar-refractivity contribution is -0.153. The lowest BCUT2D eigenvalue weighted by atomic mass is 9.97. The first-order valence-corrected chi connectivity index (χ1v) is 8.24. The summed E-state index contributed by atoms with van der Waals surface area (Å²) in [5, 5.41) is 9.46. The summed E-state index contributed by atoms with van der Waals surface area (Å²) in [6.45, 7) is 9.19. The molecule has 0 amide bonds. The molecule has 0 aromatic carbocycles. The van der Waals surface area contributed by atoms with Crippen molar-refractivity contribution in [3.63, 3.8) is 0 Å². The van der Waals surface area contributed by atoms with Gasteiger partial charge in [-0.15, -0.1) is 18.2 Å². The summed E-state index contributed by atoms with van der Waals surface area (Å²) in [4.78, 5) is 23.3. The highest BCUT2D eigenvalue weighted by atomic mass is 35.5. The number of ketones is 1. The number of ether oxygens (including phenoxy) is 1. The molecule has 0 rings (SSSR count). The molecular formula is C17H29ClO4. The molecule has 1 N–H and O–H groups in total. The van der Waals surface area contributed by atoms with Gasteiger partial charge in [-0.25, -0.2) is 0 Å². The van der Waals surface area contributed by atoms with Gasteiger partial charge in [0.2, 0.25) is 0 Å². The van der Waals surface area contributed by atoms with Crippen LogP contribution in [0.4, 0.5) is 0 Å². The van der Waals surface area contributed by atoms with E-state index < -0.39 is 16.9 Å². The number of esters is 1. The lowest BCUT2D eigenvalue weighted by Gasteiger charge is -2.17. The van der Waals surface area contributed by atoms with Gasteiger partial charge in [0.1, 0.15) is 5.78 Å². The molecule has 0 bridgehead atoms. The van der Waals surface area contributed by atoms with Gasteiger partial charge in [-0.05, 0) is 46.5 Å². The summed E-state index contributed by atoms with van der Waals surface area (Å²) < 4.78 is 5.09. The van der Waals surface area contributed by atoms with Crippen molar-refractivity contribution < 1.29 is 19.4 Å². The molecule has 0 radical (unpaired) electrons. The van der Waals surface area contributed by atoms with Gasteiger partial charge in [0.25, 0.3) is 0 Å². The number of carbonyl (C=O) groups is 2. The molecule has 0 unspecified atom stereocenters. The third-order valence-corrected chi connectivity index (χ3v) is 3.70. The first kappa shape index (κ1) is 21.1. The molecule has 0 saturated heterocycles. The Morgan fingerprint density at radius 1 is 1.32 bits per heavy atom. The fourth-order valence-electron chi connectivity index (χ4n) is 1.76. The normalized spacial score (nSPS) is 14.2. The van der Waals surface area contributed by atoms with Crippen LogP contribution in [0, 0.1) is 5.41 Å². The SMILES string of the molecule is C=CCCC[C@@H](Cl)[C@@H](O)CC(=O)CCCOC(=O)C(C)(C)C. The number of alkyl halides is 1. The van der Waals surface area contributed by atoms with Crippen molar-refractivity contribution in [3.05, 3.63) is 12.7 Å². The summed E-state index contributed by atoms with van der Waals surface area (Å²) in [6.07, 6.45) is 4.15. The molecule has 0 heterocycles. The van der Waals surface area contributed by atoms with Crippen molar-refractivity contribution in [2.24, 2.45) is 5.41 Å². The Balaban J connectivity index is 3.85. The van der Waals surface area contributed by atoms with E-state index >= 15 is 0 Å². The van der Waals surface area contributed by atoms with Crippen LogP contribution in [-0.4, -0.2) is 34.9 Å². The molecule has 0 fully saturated rings. The van der Waals surface area contributed by atoms with E-state index in [2.05, 4.69) is 6.58 Å². The first-order chi connectivity index (χ1) is 10.2. The van der Waals surface area contributed by atoms with E-state index in [0.717, 1.165) is 12.8 Å². The molecule has 0 saturated carbocycles. The highest BCUT2D eigenvalue weighted by molar-refractivity contribution is 6.21. The number of aliphatic hydroxyl groups is 1. The van der Waals surface area contributed by atoms with Crippen LogP contribution >= 0.6 is 11.6 Å². The van der Waals surface area contributed by atoms with Gasteiger partial charge in [-0.1, -0.05) is 6.08 Å². The molecule has 0 aromatic heterocycles. The number of Topliss-reactive ketones (excluding diaryl/α,β-unsaturated/α-hetero) is 1. The van der Waals surface area contributed by atoms with Crippen LogP contribution < -0.4 is 0 Å². The highest BCUT2D eigenvalue weighted by Crippen LogP contribution is 2.17. The quantitative estimate of drug-likeness (QED) is 0.271. The van der Waals surface area contributed by atoms with Crippen molar-refractivity contribution in [1.29, 1.82) is 0 Å². The lowest BCUT2D eigenvalue weighted by Crippen LogP contribution is -2.25. The van der Waals surface area contributed by atoms with Gasteiger partial charge >= 0.3 is 5.97 Å². The van der Waals surface area contributed by atoms with Crippen molar-refractivity contribution >= 4 is 23.4 Å². The maximum atomic E-state index is 11.8. The van der Waals surface area contributed by atoms with Crippen LogP contribution in [0.3, 0.4) is 0 Å². The number of aliphatic hydroxyl groups excluding tert-OH is 1. The predicted octanol–water partition coefficient (Wildman–Crippen LogP) is 3.64. The van der Waals surface area contributed by atoms with E-state index in [1.807, 2.05) is 0 Å². The Hall–Kier alpha value is -0.870. The monoisotopic (exact) mass is 332 g/mol. The fraction of sp³-hybridized carbons (Fsp3) is 0.765. The van der Waals surface area contributed by atoms with Gasteiger partial charge in [0.15, 0.2) is 0 Å². The topological polar surface area (TPSA) is 63.6 Å². The third-order valence-electron chi connectivity index (χ3n) is 3.19. The Morgan fingerprint density at radius 2 is 1.95 bits per heavy atom. The van der Waals surface area contributed by atoms with Gasteiger partial charge in [0, 0.05) is 12.8 Å². The Kier molecular flexibility index (Phi) is 10.4. The van der Waals surface area contributed by atoms with Crippen molar-refractivity contribution in [2.75, 3.05) is 6.61 Å². The van der Waals surface area contributed by atoms with E-state index in [9.17, 15) is 14.7 Å². The number of unbranched alkanes of at least 4 members (excludes halogenated alkanes) is 1. The first-order valence-electron chi connectivity index (χ1n) is 7.80. The van der Waals surface area contributed by atoms with Crippen LogP contribution in [0.2, 0.25) is 0 Å². The van der Waals surface area contributed by atoms with Crippen molar-refractivity contribution in [3.8, 4) is 0 Å². The van der Waals surface area contributed by atoms with Crippen molar-refractivity contribution in [1.82, 2.24) is 0 Å². The Morgan fingerprint density at radius 3 is 2.50 bits per heavy atom. The average Bonchev–Trinajstić information content (AvgIpc) is 2.42. The summed E-state index contributed by atoms with van der Waals surface area (Å²) in [5.41, 5.74) is -0.530. The maximum Gasteiger partial charge on any atom is 0.311 e. The molecular weight excluding hydrogens is 304 g/mol. The van der Waals surface area contributed by atoms with E-state index in [4.69, 9.17) is 16.3 Å². The molecule has 0 aromatic rings. The highest BCUT2D eigenvalue weighted by Gasteiger charge is 2.23. The standard InChI is InChI=1S/C17H29ClO4/c1-5-6-7-10-14(18)15(20)12-13(19)9-8-11-22-16(21)17(2,3)4/h5,14-15,20H,1,6-12H2,2-4H3/t14-,15+/m1/s1. The van der Waals surface area contributed by atoms with E-state index in [1.54, 1.807) is 26.8 Å². The molecule has 22 heavy (non-hydrogen) atoms. The van der Waals surface area contributed by atoms with Crippen LogP contribution in [0.1, 0.15) is 59.3 Å². The fourth-order valence-corrected chi connectivity index (χ4v) is 2.01. The second kappa shape index (κ2) is 10.8. The molecule has 2 atom stereocenters. The largest absolute Gasteiger partial charge is 0.465 e. The minimum absolute atomic E-state index is 0.0511. The van der Waals surface area contributed by atoms with Crippen molar-refractivity contribution in [2.45, 2.75) is 70.8 Å². The number of carbonyl (C=O) groups excluding carboxylic acids is 2. The summed E-state index contributed by atoms with van der Waals surface area (Å²) >= 11 is 6.06. The molecule has 0 aliphatic carbocycles. The molecule has 5 heteroatoms. The molecule has 4 nitrogen and oxygen atoms in total. The third kappa shape index (κ3) is 9.96. The van der Waals surface area contributed by atoms with E-state index in [0.29, 0.717) is 12.8 Å². The minimum atomic E-state index is -0.823. The smallest absolute Gasteiger partial charge is 0.311 e. The van der Waals surface area contributed by atoms with Gasteiger partial charge in [0.05, 0.1) is 23.5 Å². The zero-order valence-electron chi connectivity index (χ0n) is 13.9. The Bertz CT molecular complexity index is 360. The average molecular weight is 333 g/mol. The summed E-state index contributed by atoms with van der Waals surface area (Å²) in [5.74, 6) is -0.336. The van der Waals surface area contributed by atoms with Gasteiger partial charge in [-0.3, -0.25) is 9.59 Å². The summed E-state index contributed by atoms with van der Waals surface area (Å²) in [7, 11) is 0. The van der Waals surface area contributed by atoms with E-state index in [1.165, 1.54) is 0 Å². The number of hydrogen-bond acceptors (Lipinski definition) is 4. The molecule has 128 valence electrons. The maximum absolute atomic E-state index is 11.8. The van der Waals surface area contributed by atoms with Gasteiger partial charge < -0.3 is 9.84 Å². The van der Waals surface area contributed by atoms with Gasteiger partial charge in [-0.2, -0.15) is 0 Å². The minimum Gasteiger partial charge on any atom is -0.465 e. The van der Waals surface area contributed by atoms with Crippen LogP contribution in [0.15, 0.2) is 12.7 Å². The predicted molar refractivity (Wildman–Crippen MR) is 89.0 cm³/mol. The molecule has 0 aliphatic rings. The number of hydrogen-bond donors (Lipinski definition) is 1. The number of allylic oxidation sites excluding steroid dienone is 1.